The van der Waals surface area contributed by atoms with Crippen LogP contribution >= 0.6 is 11.6 Å². The van der Waals surface area contributed by atoms with Crippen molar-refractivity contribution in [2.24, 2.45) is 5.92 Å². The Morgan fingerprint density at radius 3 is 2.57 bits per heavy atom. The van der Waals surface area contributed by atoms with Crippen molar-refractivity contribution in [2.45, 2.75) is 13.8 Å². The van der Waals surface area contributed by atoms with Crippen LogP contribution in [0.2, 0.25) is 0 Å². The predicted molar refractivity (Wildman–Crippen MR) is 86.3 cm³/mol. The molecule has 1 saturated heterocycles. The zero-order chi connectivity index (χ0) is 15.2. The molecule has 1 atom stereocenters. The van der Waals surface area contributed by atoms with Crippen LogP contribution in [0.4, 0.5) is 5.69 Å². The summed E-state index contributed by atoms with van der Waals surface area (Å²) in [7, 11) is 0. The minimum absolute atomic E-state index is 0.103. The number of halogens is 1. The molecule has 1 fully saturated rings. The van der Waals surface area contributed by atoms with Crippen LogP contribution in [0.5, 0.6) is 5.75 Å². The average Bonchev–Trinajstić information content (AvgIpc) is 2.54. The summed E-state index contributed by atoms with van der Waals surface area (Å²) in [4.78, 5) is 16.3. The van der Waals surface area contributed by atoms with E-state index in [2.05, 4.69) is 11.0 Å². The van der Waals surface area contributed by atoms with Gasteiger partial charge in [-0.3, -0.25) is 4.79 Å². The van der Waals surface area contributed by atoms with Crippen molar-refractivity contribution in [2.75, 3.05) is 43.6 Å². The lowest BCUT2D eigenvalue weighted by Crippen LogP contribution is -2.50. The summed E-state index contributed by atoms with van der Waals surface area (Å²) in [6, 6.07) is 8.07. The van der Waals surface area contributed by atoms with Crippen molar-refractivity contribution in [3.63, 3.8) is 0 Å². The second-order valence-corrected chi connectivity index (χ2v) is 5.58. The molecule has 1 heterocycles. The summed E-state index contributed by atoms with van der Waals surface area (Å²) in [6.45, 7) is 7.65. The SMILES string of the molecule is CCOc1ccccc1N1CCN(C(=O)C(C)CCl)CC1. The number of ether oxygens (including phenoxy) is 1. The Hall–Kier alpha value is -1.42. The van der Waals surface area contributed by atoms with Gasteiger partial charge in [-0.2, -0.15) is 0 Å². The van der Waals surface area contributed by atoms with Crippen LogP contribution in [0, 0.1) is 5.92 Å². The van der Waals surface area contributed by atoms with E-state index >= 15 is 0 Å². The van der Waals surface area contributed by atoms with E-state index < -0.39 is 0 Å². The zero-order valence-electron chi connectivity index (χ0n) is 12.7. The normalized spacial score (nSPS) is 16.7. The van der Waals surface area contributed by atoms with Crippen LogP contribution < -0.4 is 9.64 Å². The van der Waals surface area contributed by atoms with Crippen LogP contribution in [0.15, 0.2) is 24.3 Å². The maximum atomic E-state index is 12.1. The maximum absolute atomic E-state index is 12.1. The summed E-state index contributed by atoms with van der Waals surface area (Å²) >= 11 is 5.77. The predicted octanol–water partition coefficient (Wildman–Crippen LogP) is 2.61. The molecular formula is C16H23ClN2O2. The van der Waals surface area contributed by atoms with E-state index in [4.69, 9.17) is 16.3 Å². The van der Waals surface area contributed by atoms with E-state index in [1.807, 2.05) is 36.9 Å². The molecule has 1 unspecified atom stereocenters. The first-order chi connectivity index (χ1) is 10.2. The molecule has 0 aliphatic carbocycles. The molecule has 0 bridgehead atoms. The fraction of sp³-hybridized carbons (Fsp3) is 0.562. The lowest BCUT2D eigenvalue weighted by atomic mass is 10.1. The Balaban J connectivity index is 1.99. The fourth-order valence-electron chi connectivity index (χ4n) is 2.54. The van der Waals surface area contributed by atoms with E-state index in [9.17, 15) is 4.79 Å². The Kier molecular flexibility index (Phi) is 5.74. The molecule has 5 heteroatoms. The number of nitrogens with zero attached hydrogens (tertiary/aromatic N) is 2. The number of hydrogen-bond acceptors (Lipinski definition) is 3. The van der Waals surface area contributed by atoms with E-state index in [0.29, 0.717) is 12.5 Å². The first kappa shape index (κ1) is 16.0. The Bertz CT molecular complexity index is 473. The van der Waals surface area contributed by atoms with Gasteiger partial charge >= 0.3 is 0 Å². The quantitative estimate of drug-likeness (QED) is 0.784. The van der Waals surface area contributed by atoms with Crippen molar-refractivity contribution >= 4 is 23.2 Å². The van der Waals surface area contributed by atoms with E-state index in [1.54, 1.807) is 0 Å². The van der Waals surface area contributed by atoms with Gasteiger partial charge in [-0.15, -0.1) is 11.6 Å². The number of alkyl halides is 1. The van der Waals surface area contributed by atoms with Gasteiger partial charge in [0.15, 0.2) is 0 Å². The van der Waals surface area contributed by atoms with Crippen LogP contribution in [-0.4, -0.2) is 49.5 Å². The molecule has 116 valence electrons. The second-order valence-electron chi connectivity index (χ2n) is 5.27. The second kappa shape index (κ2) is 7.55. The fourth-order valence-corrected chi connectivity index (χ4v) is 2.67. The number of para-hydroxylation sites is 2. The Morgan fingerprint density at radius 2 is 1.95 bits per heavy atom. The number of benzene rings is 1. The van der Waals surface area contributed by atoms with Gasteiger partial charge in [-0.05, 0) is 19.1 Å². The van der Waals surface area contributed by atoms with Gasteiger partial charge in [0, 0.05) is 38.0 Å². The molecule has 1 aliphatic heterocycles. The average molecular weight is 311 g/mol. The smallest absolute Gasteiger partial charge is 0.226 e. The highest BCUT2D eigenvalue weighted by molar-refractivity contribution is 6.19. The van der Waals surface area contributed by atoms with E-state index in [0.717, 1.165) is 37.6 Å². The van der Waals surface area contributed by atoms with Crippen LogP contribution in [0.25, 0.3) is 0 Å². The molecule has 4 nitrogen and oxygen atoms in total. The first-order valence-electron chi connectivity index (χ1n) is 7.49. The lowest BCUT2D eigenvalue weighted by molar-refractivity contribution is -0.134. The third-order valence-electron chi connectivity index (χ3n) is 3.75. The highest BCUT2D eigenvalue weighted by Crippen LogP contribution is 2.28. The monoisotopic (exact) mass is 310 g/mol. The van der Waals surface area contributed by atoms with Gasteiger partial charge in [0.05, 0.1) is 12.3 Å². The molecule has 0 spiro atoms. The Labute approximate surface area is 131 Å². The first-order valence-corrected chi connectivity index (χ1v) is 8.02. The standard InChI is InChI=1S/C16H23ClN2O2/c1-3-21-15-7-5-4-6-14(15)18-8-10-19(11-9-18)16(20)13(2)12-17/h4-7,13H,3,8-12H2,1-2H3. The molecule has 0 aromatic heterocycles. The summed E-state index contributed by atoms with van der Waals surface area (Å²) in [6.07, 6.45) is 0. The largest absolute Gasteiger partial charge is 0.492 e. The highest BCUT2D eigenvalue weighted by Gasteiger charge is 2.25. The van der Waals surface area contributed by atoms with E-state index in [-0.39, 0.29) is 11.8 Å². The lowest BCUT2D eigenvalue weighted by Gasteiger charge is -2.37. The molecule has 21 heavy (non-hydrogen) atoms. The molecule has 2 rings (SSSR count). The molecular weight excluding hydrogens is 288 g/mol. The van der Waals surface area contributed by atoms with Crippen LogP contribution in [0.3, 0.4) is 0 Å². The Morgan fingerprint density at radius 1 is 1.29 bits per heavy atom. The molecule has 1 amide bonds. The van der Waals surface area contributed by atoms with Gasteiger partial charge in [-0.25, -0.2) is 0 Å². The number of carbonyl (C=O) groups is 1. The van der Waals surface area contributed by atoms with Gasteiger partial charge in [0.2, 0.25) is 5.91 Å². The number of carbonyl (C=O) groups excluding carboxylic acids is 1. The van der Waals surface area contributed by atoms with Gasteiger partial charge in [0.25, 0.3) is 0 Å². The van der Waals surface area contributed by atoms with Crippen LogP contribution in [0.1, 0.15) is 13.8 Å². The number of piperazine rings is 1. The van der Waals surface area contributed by atoms with Gasteiger partial charge in [0.1, 0.15) is 5.75 Å². The number of anilines is 1. The third-order valence-corrected chi connectivity index (χ3v) is 4.21. The minimum atomic E-state index is -0.103. The maximum Gasteiger partial charge on any atom is 0.226 e. The molecule has 0 radical (unpaired) electrons. The molecule has 1 aromatic carbocycles. The van der Waals surface area contributed by atoms with Gasteiger partial charge < -0.3 is 14.5 Å². The summed E-state index contributed by atoms with van der Waals surface area (Å²) in [5.74, 6) is 1.34. The summed E-state index contributed by atoms with van der Waals surface area (Å²) in [5.41, 5.74) is 1.11. The van der Waals surface area contributed by atoms with E-state index in [1.165, 1.54) is 0 Å². The molecule has 0 saturated carbocycles. The summed E-state index contributed by atoms with van der Waals surface area (Å²) in [5, 5.41) is 0. The van der Waals surface area contributed by atoms with Crippen molar-refractivity contribution in [3.8, 4) is 5.75 Å². The van der Waals surface area contributed by atoms with Crippen molar-refractivity contribution in [1.29, 1.82) is 0 Å². The third kappa shape index (κ3) is 3.82. The van der Waals surface area contributed by atoms with Crippen LogP contribution in [-0.2, 0) is 4.79 Å². The topological polar surface area (TPSA) is 32.8 Å². The number of amides is 1. The number of hydrogen-bond donors (Lipinski definition) is 0. The van der Waals surface area contributed by atoms with Crippen molar-refractivity contribution in [1.82, 2.24) is 4.90 Å². The minimum Gasteiger partial charge on any atom is -0.492 e. The molecule has 1 aliphatic rings. The zero-order valence-corrected chi connectivity index (χ0v) is 13.5. The molecule has 0 N–H and O–H groups in total. The van der Waals surface area contributed by atoms with Crippen molar-refractivity contribution in [3.05, 3.63) is 24.3 Å². The van der Waals surface area contributed by atoms with Gasteiger partial charge in [-0.1, -0.05) is 19.1 Å². The highest BCUT2D eigenvalue weighted by atomic mass is 35.5. The van der Waals surface area contributed by atoms with Crippen molar-refractivity contribution < 1.29 is 9.53 Å². The number of rotatable bonds is 5. The molecule has 1 aromatic rings. The summed E-state index contributed by atoms with van der Waals surface area (Å²) < 4.78 is 5.68.